The van der Waals surface area contributed by atoms with Crippen molar-refractivity contribution in [3.8, 4) is 0 Å². The van der Waals surface area contributed by atoms with Gasteiger partial charge in [-0.25, -0.2) is 0 Å². The van der Waals surface area contributed by atoms with Crippen LogP contribution in [0.1, 0.15) is 6.92 Å². The van der Waals surface area contributed by atoms with Crippen LogP contribution in [-0.2, 0) is 4.79 Å². The van der Waals surface area contributed by atoms with Gasteiger partial charge in [-0.1, -0.05) is 18.2 Å². The van der Waals surface area contributed by atoms with Crippen molar-refractivity contribution in [1.29, 1.82) is 0 Å². The van der Waals surface area contributed by atoms with Crippen molar-refractivity contribution in [2.24, 2.45) is 0 Å². The molecule has 0 spiro atoms. The maximum absolute atomic E-state index is 11.2. The smallest absolute Gasteiger partial charge is 0.221 e. The molecule has 0 atom stereocenters. The topological polar surface area (TPSA) is 32.3 Å². The van der Waals surface area contributed by atoms with Crippen LogP contribution in [-0.4, -0.2) is 20.0 Å². The number of hydrogen-bond donors (Lipinski definition) is 1. The molecule has 3 heteroatoms. The van der Waals surface area contributed by atoms with E-state index in [9.17, 15) is 4.79 Å². The Labute approximate surface area is 101 Å². The Kier molecular flexibility index (Phi) is 3.00. The lowest BCUT2D eigenvalue weighted by Gasteiger charge is -2.14. The Hall–Kier alpha value is -2.03. The van der Waals surface area contributed by atoms with Crippen LogP contribution in [0.5, 0.6) is 0 Å². The fourth-order valence-corrected chi connectivity index (χ4v) is 1.84. The maximum Gasteiger partial charge on any atom is 0.221 e. The zero-order valence-electron chi connectivity index (χ0n) is 10.3. The lowest BCUT2D eigenvalue weighted by Crippen LogP contribution is -2.09. The van der Waals surface area contributed by atoms with E-state index >= 15 is 0 Å². The highest BCUT2D eigenvalue weighted by atomic mass is 16.1. The number of benzene rings is 2. The molecule has 0 bridgehead atoms. The summed E-state index contributed by atoms with van der Waals surface area (Å²) < 4.78 is 0. The van der Waals surface area contributed by atoms with Gasteiger partial charge in [-0.05, 0) is 23.6 Å². The molecule has 2 rings (SSSR count). The molecule has 88 valence electrons. The van der Waals surface area contributed by atoms with Crippen LogP contribution >= 0.6 is 0 Å². The Morgan fingerprint density at radius 1 is 1.18 bits per heavy atom. The second-order valence-electron chi connectivity index (χ2n) is 4.29. The molecule has 0 unspecified atom stereocenters. The predicted octanol–water partition coefficient (Wildman–Crippen LogP) is 2.86. The van der Waals surface area contributed by atoms with E-state index in [1.165, 1.54) is 6.92 Å². The van der Waals surface area contributed by atoms with Crippen molar-refractivity contribution in [2.75, 3.05) is 24.3 Å². The molecule has 0 aliphatic heterocycles. The monoisotopic (exact) mass is 228 g/mol. The lowest BCUT2D eigenvalue weighted by atomic mass is 10.1. The first-order valence-electron chi connectivity index (χ1n) is 5.55. The summed E-state index contributed by atoms with van der Waals surface area (Å²) in [6.45, 7) is 1.52. The number of carbonyl (C=O) groups excluding carboxylic acids is 1. The molecule has 1 N–H and O–H groups in total. The number of anilines is 2. The summed E-state index contributed by atoms with van der Waals surface area (Å²) in [7, 11) is 4.00. The SMILES string of the molecule is CC(=O)Nc1cccc2ccc(N(C)C)cc12. The maximum atomic E-state index is 11.2. The molecule has 0 aliphatic rings. The van der Waals surface area contributed by atoms with E-state index in [1.807, 2.05) is 37.2 Å². The van der Waals surface area contributed by atoms with Gasteiger partial charge in [-0.15, -0.1) is 0 Å². The first kappa shape index (κ1) is 11.5. The highest BCUT2D eigenvalue weighted by Crippen LogP contribution is 2.27. The van der Waals surface area contributed by atoms with Gasteiger partial charge < -0.3 is 10.2 Å². The summed E-state index contributed by atoms with van der Waals surface area (Å²) in [6.07, 6.45) is 0. The molecule has 0 radical (unpaired) electrons. The first-order valence-corrected chi connectivity index (χ1v) is 5.55. The molecule has 1 amide bonds. The van der Waals surface area contributed by atoms with E-state index < -0.39 is 0 Å². The molecule has 3 nitrogen and oxygen atoms in total. The van der Waals surface area contributed by atoms with Gasteiger partial charge in [0.25, 0.3) is 0 Å². The Morgan fingerprint density at radius 3 is 2.59 bits per heavy atom. The van der Waals surface area contributed by atoms with Crippen molar-refractivity contribution in [1.82, 2.24) is 0 Å². The van der Waals surface area contributed by atoms with Gasteiger partial charge in [-0.3, -0.25) is 4.79 Å². The van der Waals surface area contributed by atoms with E-state index in [-0.39, 0.29) is 5.91 Å². The second kappa shape index (κ2) is 4.45. The van der Waals surface area contributed by atoms with E-state index in [2.05, 4.69) is 23.5 Å². The van der Waals surface area contributed by atoms with Crippen molar-refractivity contribution in [3.63, 3.8) is 0 Å². The van der Waals surface area contributed by atoms with E-state index in [4.69, 9.17) is 0 Å². The largest absolute Gasteiger partial charge is 0.378 e. The third kappa shape index (κ3) is 2.38. The molecule has 0 heterocycles. The van der Waals surface area contributed by atoms with Crippen molar-refractivity contribution in [2.45, 2.75) is 6.92 Å². The van der Waals surface area contributed by atoms with Gasteiger partial charge >= 0.3 is 0 Å². The highest BCUT2D eigenvalue weighted by molar-refractivity contribution is 6.02. The summed E-state index contributed by atoms with van der Waals surface area (Å²) in [4.78, 5) is 13.2. The Balaban J connectivity index is 2.59. The fraction of sp³-hybridized carbons (Fsp3) is 0.214. The molecule has 17 heavy (non-hydrogen) atoms. The zero-order valence-corrected chi connectivity index (χ0v) is 10.3. The van der Waals surface area contributed by atoms with Crippen molar-refractivity contribution in [3.05, 3.63) is 36.4 Å². The molecule has 0 saturated heterocycles. The quantitative estimate of drug-likeness (QED) is 0.857. The van der Waals surface area contributed by atoms with Crippen molar-refractivity contribution >= 4 is 28.1 Å². The lowest BCUT2D eigenvalue weighted by molar-refractivity contribution is -0.114. The predicted molar refractivity (Wildman–Crippen MR) is 72.6 cm³/mol. The molecule has 0 saturated carbocycles. The first-order chi connectivity index (χ1) is 8.08. The van der Waals surface area contributed by atoms with Crippen LogP contribution in [0.4, 0.5) is 11.4 Å². The van der Waals surface area contributed by atoms with E-state index in [0.717, 1.165) is 22.1 Å². The number of hydrogen-bond acceptors (Lipinski definition) is 2. The van der Waals surface area contributed by atoms with Crippen LogP contribution in [0.15, 0.2) is 36.4 Å². The number of rotatable bonds is 2. The summed E-state index contributed by atoms with van der Waals surface area (Å²) in [5.41, 5.74) is 1.98. The molecular weight excluding hydrogens is 212 g/mol. The van der Waals surface area contributed by atoms with Crippen LogP contribution in [0, 0.1) is 0 Å². The summed E-state index contributed by atoms with van der Waals surface area (Å²) in [5.74, 6) is -0.0484. The number of fused-ring (bicyclic) bond motifs is 1. The zero-order chi connectivity index (χ0) is 12.4. The number of amides is 1. The average molecular weight is 228 g/mol. The van der Waals surface area contributed by atoms with E-state index in [1.54, 1.807) is 0 Å². The van der Waals surface area contributed by atoms with E-state index in [0.29, 0.717) is 0 Å². The summed E-state index contributed by atoms with van der Waals surface area (Å²) in [6, 6.07) is 12.1. The summed E-state index contributed by atoms with van der Waals surface area (Å²) >= 11 is 0. The summed E-state index contributed by atoms with van der Waals surface area (Å²) in [5, 5.41) is 5.05. The van der Waals surface area contributed by atoms with Crippen molar-refractivity contribution < 1.29 is 4.79 Å². The second-order valence-corrected chi connectivity index (χ2v) is 4.29. The Bertz CT molecular complexity index is 561. The minimum absolute atomic E-state index is 0.0484. The minimum Gasteiger partial charge on any atom is -0.378 e. The van der Waals surface area contributed by atoms with Crippen LogP contribution in [0.3, 0.4) is 0 Å². The van der Waals surface area contributed by atoms with Gasteiger partial charge in [0.05, 0.1) is 0 Å². The molecular formula is C14H16N2O. The minimum atomic E-state index is -0.0484. The standard InChI is InChI=1S/C14H16N2O/c1-10(17)15-14-6-4-5-11-7-8-12(16(2)3)9-13(11)14/h4-9H,1-3H3,(H,15,17). The fourth-order valence-electron chi connectivity index (χ4n) is 1.84. The normalized spacial score (nSPS) is 10.3. The van der Waals surface area contributed by atoms with Gasteiger partial charge in [0, 0.05) is 37.8 Å². The number of nitrogens with one attached hydrogen (secondary N) is 1. The van der Waals surface area contributed by atoms with Crippen LogP contribution in [0.25, 0.3) is 10.8 Å². The molecule has 0 aliphatic carbocycles. The molecule has 2 aromatic carbocycles. The van der Waals surface area contributed by atoms with Crippen LogP contribution in [0.2, 0.25) is 0 Å². The highest BCUT2D eigenvalue weighted by Gasteiger charge is 2.04. The van der Waals surface area contributed by atoms with Gasteiger partial charge in [0.15, 0.2) is 0 Å². The number of nitrogens with zero attached hydrogens (tertiary/aromatic N) is 1. The van der Waals surface area contributed by atoms with Gasteiger partial charge in [0.1, 0.15) is 0 Å². The van der Waals surface area contributed by atoms with Crippen LogP contribution < -0.4 is 10.2 Å². The third-order valence-electron chi connectivity index (χ3n) is 2.69. The molecule has 0 aromatic heterocycles. The number of carbonyl (C=O) groups is 1. The van der Waals surface area contributed by atoms with Gasteiger partial charge in [-0.2, -0.15) is 0 Å². The molecule has 2 aromatic rings. The molecule has 0 fully saturated rings. The van der Waals surface area contributed by atoms with Gasteiger partial charge in [0.2, 0.25) is 5.91 Å². The Morgan fingerprint density at radius 2 is 1.94 bits per heavy atom. The third-order valence-corrected chi connectivity index (χ3v) is 2.69. The average Bonchev–Trinajstić information content (AvgIpc) is 2.28.